The van der Waals surface area contributed by atoms with E-state index in [1.165, 1.54) is 0 Å². The van der Waals surface area contributed by atoms with Crippen molar-refractivity contribution >= 4 is 6.09 Å². The molecule has 0 aromatic rings. The van der Waals surface area contributed by atoms with Crippen molar-refractivity contribution < 1.29 is 9.53 Å². The number of amides is 1. The predicted octanol–water partition coefficient (Wildman–Crippen LogP) is 3.92. The van der Waals surface area contributed by atoms with Gasteiger partial charge in [-0.2, -0.15) is 0 Å². The average Bonchev–Trinajstić information content (AvgIpc) is 2.22. The number of carbonyl (C=O) groups is 1. The lowest BCUT2D eigenvalue weighted by molar-refractivity contribution is 0.0802. The molecule has 0 saturated carbocycles. The van der Waals surface area contributed by atoms with Gasteiger partial charge in [0.25, 0.3) is 0 Å². The van der Waals surface area contributed by atoms with Crippen LogP contribution in [-0.2, 0) is 4.74 Å². The van der Waals surface area contributed by atoms with E-state index < -0.39 is 0 Å². The van der Waals surface area contributed by atoms with Gasteiger partial charge in [-0.15, -0.1) is 6.58 Å². The third-order valence-corrected chi connectivity index (χ3v) is 2.54. The van der Waals surface area contributed by atoms with Crippen molar-refractivity contribution in [3.05, 3.63) is 24.8 Å². The van der Waals surface area contributed by atoms with E-state index in [-0.39, 0.29) is 16.9 Å². The summed E-state index contributed by atoms with van der Waals surface area (Å²) in [5.74, 6) is 0. The van der Waals surface area contributed by atoms with Crippen molar-refractivity contribution in [2.75, 3.05) is 13.2 Å². The van der Waals surface area contributed by atoms with E-state index in [9.17, 15) is 4.79 Å². The number of carbonyl (C=O) groups excluding carboxylic acids is 1. The molecule has 1 amide bonds. The largest absolute Gasteiger partial charge is 0.449 e. The average molecular weight is 253 g/mol. The van der Waals surface area contributed by atoms with Crippen molar-refractivity contribution in [2.45, 2.75) is 41.0 Å². The van der Waals surface area contributed by atoms with Crippen molar-refractivity contribution in [3.63, 3.8) is 0 Å². The fraction of sp³-hybridized carbons (Fsp3) is 0.667. The third kappa shape index (κ3) is 7.93. The third-order valence-electron chi connectivity index (χ3n) is 2.54. The van der Waals surface area contributed by atoms with E-state index in [0.29, 0.717) is 13.2 Å². The number of rotatable bonds is 7. The minimum atomic E-state index is -0.383. The molecule has 0 heterocycles. The van der Waals surface area contributed by atoms with Crippen LogP contribution in [0.4, 0.5) is 4.79 Å². The van der Waals surface area contributed by atoms with Crippen LogP contribution >= 0.6 is 0 Å². The monoisotopic (exact) mass is 253 g/mol. The summed E-state index contributed by atoms with van der Waals surface area (Å²) in [4.78, 5) is 11.3. The molecule has 0 atom stereocenters. The van der Waals surface area contributed by atoms with Crippen LogP contribution in [-0.4, -0.2) is 19.2 Å². The van der Waals surface area contributed by atoms with Crippen LogP contribution in [0.3, 0.4) is 0 Å². The quantitative estimate of drug-likeness (QED) is 0.698. The van der Waals surface area contributed by atoms with Gasteiger partial charge in [0.2, 0.25) is 0 Å². The lowest BCUT2D eigenvalue weighted by atomic mass is 9.75. The molecular formula is C15H27NO2. The first-order valence-electron chi connectivity index (χ1n) is 6.38. The first-order valence-corrected chi connectivity index (χ1v) is 6.38. The molecular weight excluding hydrogens is 226 g/mol. The zero-order valence-electron chi connectivity index (χ0n) is 12.4. The lowest BCUT2D eigenvalue weighted by Crippen LogP contribution is -2.31. The van der Waals surface area contributed by atoms with Gasteiger partial charge in [-0.1, -0.05) is 45.9 Å². The number of hydrogen-bond donors (Lipinski definition) is 1. The number of hydrogen-bond acceptors (Lipinski definition) is 2. The second kappa shape index (κ2) is 7.24. The number of alkyl carbamates (subject to hydrolysis) is 1. The molecule has 18 heavy (non-hydrogen) atoms. The summed E-state index contributed by atoms with van der Waals surface area (Å²) >= 11 is 0. The van der Waals surface area contributed by atoms with Gasteiger partial charge in [-0.3, -0.25) is 0 Å². The molecule has 3 heteroatoms. The Balaban J connectivity index is 4.22. The summed E-state index contributed by atoms with van der Waals surface area (Å²) < 4.78 is 5.21. The van der Waals surface area contributed by atoms with Crippen LogP contribution < -0.4 is 5.32 Å². The van der Waals surface area contributed by atoms with Gasteiger partial charge in [0.05, 0.1) is 6.61 Å². The van der Waals surface area contributed by atoms with Gasteiger partial charge in [0.1, 0.15) is 0 Å². The van der Waals surface area contributed by atoms with Gasteiger partial charge < -0.3 is 10.1 Å². The maximum Gasteiger partial charge on any atom is 0.407 e. The Morgan fingerprint density at radius 3 is 2.44 bits per heavy atom. The highest BCUT2D eigenvalue weighted by atomic mass is 16.5. The normalized spacial score (nSPS) is 12.5. The second-order valence-corrected chi connectivity index (χ2v) is 6.08. The van der Waals surface area contributed by atoms with Crippen LogP contribution in [0.1, 0.15) is 41.0 Å². The summed E-state index contributed by atoms with van der Waals surface area (Å²) in [5, 5.41) is 2.60. The molecule has 104 valence electrons. The minimum absolute atomic E-state index is 0.0471. The molecule has 0 saturated heterocycles. The van der Waals surface area contributed by atoms with Crippen molar-refractivity contribution in [1.82, 2.24) is 5.32 Å². The molecule has 1 N–H and O–H groups in total. The molecule has 0 spiro atoms. The van der Waals surface area contributed by atoms with Gasteiger partial charge in [-0.05, 0) is 24.2 Å². The first kappa shape index (κ1) is 16.8. The number of ether oxygens (including phenoxy) is 1. The Bertz CT molecular complexity index is 304. The summed E-state index contributed by atoms with van der Waals surface area (Å²) in [5.41, 5.74) is 0.0632. The highest BCUT2D eigenvalue weighted by Crippen LogP contribution is 2.34. The van der Waals surface area contributed by atoms with E-state index in [4.69, 9.17) is 4.74 Å². The van der Waals surface area contributed by atoms with Crippen LogP contribution in [0.5, 0.6) is 0 Å². The van der Waals surface area contributed by atoms with E-state index in [1.807, 2.05) is 6.92 Å². The highest BCUT2D eigenvalue weighted by molar-refractivity contribution is 5.67. The highest BCUT2D eigenvalue weighted by Gasteiger charge is 2.28. The fourth-order valence-electron chi connectivity index (χ4n) is 2.26. The van der Waals surface area contributed by atoms with Crippen molar-refractivity contribution in [3.8, 4) is 0 Å². The summed E-state index contributed by atoms with van der Waals surface area (Å²) in [6.45, 7) is 15.0. The fourth-order valence-corrected chi connectivity index (χ4v) is 2.26. The smallest absolute Gasteiger partial charge is 0.407 e. The van der Waals surface area contributed by atoms with Gasteiger partial charge in [-0.25, -0.2) is 4.79 Å². The van der Waals surface area contributed by atoms with Gasteiger partial charge in [0.15, 0.2) is 0 Å². The maximum absolute atomic E-state index is 11.3. The summed E-state index contributed by atoms with van der Waals surface area (Å²) in [6, 6.07) is 0. The summed E-state index contributed by atoms with van der Waals surface area (Å²) in [7, 11) is 0. The molecule has 0 fully saturated rings. The number of allylic oxidation sites excluding steroid dienone is 2. The van der Waals surface area contributed by atoms with Crippen molar-refractivity contribution in [2.24, 2.45) is 10.8 Å². The Labute approximate surface area is 111 Å². The molecule has 0 aliphatic rings. The molecule has 0 aromatic carbocycles. The molecule has 0 aliphatic carbocycles. The lowest BCUT2D eigenvalue weighted by Gasteiger charge is -2.32. The van der Waals surface area contributed by atoms with Gasteiger partial charge >= 0.3 is 6.09 Å². The summed E-state index contributed by atoms with van der Waals surface area (Å²) in [6.07, 6.45) is 6.45. The predicted molar refractivity (Wildman–Crippen MR) is 76.5 cm³/mol. The maximum atomic E-state index is 11.3. The zero-order chi connectivity index (χ0) is 14.2. The van der Waals surface area contributed by atoms with Crippen LogP contribution in [0.15, 0.2) is 24.8 Å². The molecule has 0 bridgehead atoms. The molecule has 0 aromatic heterocycles. The second-order valence-electron chi connectivity index (χ2n) is 6.08. The van der Waals surface area contributed by atoms with Crippen LogP contribution in [0, 0.1) is 10.8 Å². The minimum Gasteiger partial charge on any atom is -0.449 e. The van der Waals surface area contributed by atoms with Crippen molar-refractivity contribution in [1.29, 1.82) is 0 Å². The first-order chi connectivity index (χ1) is 8.22. The molecule has 0 rings (SSSR count). The zero-order valence-corrected chi connectivity index (χ0v) is 12.4. The molecule has 0 unspecified atom stereocenters. The Kier molecular flexibility index (Phi) is 6.74. The van der Waals surface area contributed by atoms with E-state index >= 15 is 0 Å². The van der Waals surface area contributed by atoms with Gasteiger partial charge in [0, 0.05) is 6.54 Å². The topological polar surface area (TPSA) is 38.3 Å². The van der Waals surface area contributed by atoms with E-state index in [2.05, 4.69) is 51.7 Å². The Morgan fingerprint density at radius 2 is 1.94 bits per heavy atom. The molecule has 3 nitrogen and oxygen atoms in total. The van der Waals surface area contributed by atoms with Crippen LogP contribution in [0.2, 0.25) is 0 Å². The Hall–Kier alpha value is -1.25. The molecule has 0 aliphatic heterocycles. The van der Waals surface area contributed by atoms with Crippen LogP contribution in [0.25, 0.3) is 0 Å². The SMILES string of the molecule is C=CCNC(=O)OCC(C)(C)CC(C)(C)/C=C\C. The molecule has 0 radical (unpaired) electrons. The number of nitrogens with one attached hydrogen (secondary N) is 1. The standard InChI is InChI=1S/C15H27NO2/c1-7-9-14(3,4)11-15(5,6)12-18-13(17)16-10-8-2/h7-9H,2,10-12H2,1,3-6H3,(H,16,17)/b9-7-. The van der Waals surface area contributed by atoms with E-state index in [0.717, 1.165) is 6.42 Å². The Morgan fingerprint density at radius 1 is 1.33 bits per heavy atom. The van der Waals surface area contributed by atoms with E-state index in [1.54, 1.807) is 6.08 Å².